The lowest BCUT2D eigenvalue weighted by molar-refractivity contribution is 0.0784. The van der Waals surface area contributed by atoms with Crippen molar-refractivity contribution >= 4 is 16.9 Å². The summed E-state index contributed by atoms with van der Waals surface area (Å²) in [6.45, 7) is 0. The van der Waals surface area contributed by atoms with Crippen LogP contribution in [0.2, 0.25) is 0 Å². The van der Waals surface area contributed by atoms with Gasteiger partial charge in [0.1, 0.15) is 11.5 Å². The van der Waals surface area contributed by atoms with Gasteiger partial charge in [0.15, 0.2) is 5.78 Å². The van der Waals surface area contributed by atoms with Crippen LogP contribution in [0.3, 0.4) is 0 Å². The van der Waals surface area contributed by atoms with Gasteiger partial charge in [-0.3, -0.25) is 4.79 Å². The second-order valence-corrected chi connectivity index (χ2v) is 8.26. The fraction of sp³-hybridized carbons (Fsp3) is 0.0645. The Labute approximate surface area is 194 Å². The van der Waals surface area contributed by atoms with Crippen LogP contribution in [-0.4, -0.2) is 17.0 Å². The van der Waals surface area contributed by atoms with E-state index < -0.39 is 11.5 Å². The Balaban J connectivity index is 1.81. The fourth-order valence-corrected chi connectivity index (χ4v) is 4.63. The van der Waals surface area contributed by atoms with E-state index in [1.807, 2.05) is 133 Å². The number of allylic oxidation sites excluding steroid dienone is 2. The minimum atomic E-state index is -1.27. The van der Waals surface area contributed by atoms with Gasteiger partial charge in [0.2, 0.25) is 0 Å². The topological polar surface area (TPSA) is 37.3 Å². The fourth-order valence-electron chi connectivity index (χ4n) is 4.63. The number of benzene rings is 4. The molecule has 33 heavy (non-hydrogen) atoms. The first kappa shape index (κ1) is 20.9. The third-order valence-electron chi connectivity index (χ3n) is 6.30. The molecule has 5 rings (SSSR count). The molecular weight excluding hydrogens is 404 g/mol. The molecule has 1 aliphatic rings. The number of hydrogen-bond acceptors (Lipinski definition) is 2. The smallest absolute Gasteiger partial charge is 0.180 e. The van der Waals surface area contributed by atoms with Gasteiger partial charge in [-0.15, -0.1) is 0 Å². The largest absolute Gasteiger partial charge is 0.387 e. The van der Waals surface area contributed by atoms with Crippen LogP contribution in [0.15, 0.2) is 133 Å². The highest BCUT2D eigenvalue weighted by molar-refractivity contribution is 6.10. The van der Waals surface area contributed by atoms with Crippen LogP contribution in [0.4, 0.5) is 0 Å². The third kappa shape index (κ3) is 3.75. The minimum absolute atomic E-state index is 0.128. The van der Waals surface area contributed by atoms with Crippen molar-refractivity contribution in [3.8, 4) is 0 Å². The number of rotatable bonds is 5. The average molecular weight is 429 g/mol. The molecule has 0 fully saturated rings. The Bertz CT molecular complexity index is 1310. The van der Waals surface area contributed by atoms with Crippen molar-refractivity contribution in [2.24, 2.45) is 0 Å². The van der Waals surface area contributed by atoms with Crippen LogP contribution in [0, 0.1) is 0 Å². The molecule has 160 valence electrons. The third-order valence-corrected chi connectivity index (χ3v) is 6.30. The zero-order valence-corrected chi connectivity index (χ0v) is 18.1. The van der Waals surface area contributed by atoms with Crippen molar-refractivity contribution in [1.29, 1.82) is 0 Å². The van der Waals surface area contributed by atoms with Crippen LogP contribution in [0.25, 0.3) is 11.1 Å². The summed E-state index contributed by atoms with van der Waals surface area (Å²) in [6, 6.07) is 38.7. The number of Topliss-reactive ketones (excluding diaryl/α,β-unsaturated/α-hetero) is 1. The number of aliphatic hydroxyl groups excluding tert-OH is 1. The predicted octanol–water partition coefficient (Wildman–Crippen LogP) is 6.35. The average Bonchev–Trinajstić information content (AvgIpc) is 2.90. The van der Waals surface area contributed by atoms with E-state index in [4.69, 9.17) is 0 Å². The number of hydrogen-bond donors (Lipinski definition) is 1. The van der Waals surface area contributed by atoms with E-state index in [9.17, 15) is 9.90 Å². The molecule has 2 heteroatoms. The van der Waals surface area contributed by atoms with E-state index in [1.54, 1.807) is 0 Å². The predicted molar refractivity (Wildman–Crippen MR) is 134 cm³/mol. The first-order chi connectivity index (χ1) is 16.2. The van der Waals surface area contributed by atoms with Crippen molar-refractivity contribution in [2.75, 3.05) is 0 Å². The van der Waals surface area contributed by atoms with Gasteiger partial charge < -0.3 is 5.11 Å². The summed E-state index contributed by atoms with van der Waals surface area (Å²) < 4.78 is 0. The molecule has 0 spiro atoms. The second kappa shape index (κ2) is 8.85. The monoisotopic (exact) mass is 428 g/mol. The van der Waals surface area contributed by atoms with E-state index in [1.165, 1.54) is 0 Å². The molecule has 2 nitrogen and oxygen atoms in total. The summed E-state index contributed by atoms with van der Waals surface area (Å²) in [5.41, 5.74) is 3.60. The van der Waals surface area contributed by atoms with Gasteiger partial charge in [-0.05, 0) is 33.9 Å². The molecule has 0 radical (unpaired) electrons. The molecule has 0 saturated carbocycles. The summed E-state index contributed by atoms with van der Waals surface area (Å²) in [7, 11) is 0. The molecule has 2 unspecified atom stereocenters. The zero-order chi connectivity index (χ0) is 22.7. The summed E-state index contributed by atoms with van der Waals surface area (Å²) in [5, 5.41) is 11.9. The number of ketones is 1. The minimum Gasteiger partial charge on any atom is -0.387 e. The Morgan fingerprint density at radius 1 is 0.636 bits per heavy atom. The number of carbonyl (C=O) groups excluding carboxylic acids is 1. The van der Waals surface area contributed by atoms with Crippen LogP contribution in [-0.2, 0) is 5.41 Å². The summed E-state index contributed by atoms with van der Waals surface area (Å²) in [5.74, 6) is -0.128. The van der Waals surface area contributed by atoms with Gasteiger partial charge in [-0.1, -0.05) is 127 Å². The maximum atomic E-state index is 14.3. The van der Waals surface area contributed by atoms with Crippen LogP contribution < -0.4 is 0 Å². The molecule has 0 saturated heterocycles. The van der Waals surface area contributed by atoms with E-state index in [-0.39, 0.29) is 5.78 Å². The molecule has 0 aliphatic heterocycles. The quantitative estimate of drug-likeness (QED) is 0.376. The molecule has 4 aromatic carbocycles. The van der Waals surface area contributed by atoms with Crippen molar-refractivity contribution in [3.63, 3.8) is 0 Å². The van der Waals surface area contributed by atoms with Gasteiger partial charge in [-0.2, -0.15) is 0 Å². The SMILES string of the molecule is O=C(c1ccccc1)C1(c2ccccc2)C=C(c2ccccc2)C=C(c2ccccc2)C1O. The molecule has 0 aromatic heterocycles. The maximum Gasteiger partial charge on any atom is 0.180 e. The van der Waals surface area contributed by atoms with Crippen molar-refractivity contribution in [1.82, 2.24) is 0 Å². The van der Waals surface area contributed by atoms with Crippen LogP contribution in [0.1, 0.15) is 27.0 Å². The lowest BCUT2D eigenvalue weighted by Gasteiger charge is -2.39. The molecule has 0 heterocycles. The lowest BCUT2D eigenvalue weighted by Crippen LogP contribution is -2.47. The Morgan fingerprint density at radius 2 is 1.12 bits per heavy atom. The Morgan fingerprint density at radius 3 is 1.70 bits per heavy atom. The molecule has 4 aromatic rings. The molecule has 2 atom stereocenters. The van der Waals surface area contributed by atoms with Gasteiger partial charge in [0.25, 0.3) is 0 Å². The molecular formula is C31H24O2. The van der Waals surface area contributed by atoms with Gasteiger partial charge in [0, 0.05) is 5.56 Å². The normalized spacial score (nSPS) is 20.0. The highest BCUT2D eigenvalue weighted by Crippen LogP contribution is 2.45. The van der Waals surface area contributed by atoms with E-state index in [0.29, 0.717) is 5.56 Å². The highest BCUT2D eigenvalue weighted by atomic mass is 16.3. The molecule has 0 bridgehead atoms. The molecule has 1 aliphatic carbocycles. The standard InChI is InChI=1S/C31H24O2/c32-29(25-17-9-3-10-18-25)31(27-19-11-4-12-20-27)22-26(23-13-5-1-6-14-23)21-28(30(31)33)24-15-7-2-8-16-24/h1-22,30,33H. The van der Waals surface area contributed by atoms with E-state index in [0.717, 1.165) is 27.8 Å². The highest BCUT2D eigenvalue weighted by Gasteiger charge is 2.48. The van der Waals surface area contributed by atoms with Gasteiger partial charge in [-0.25, -0.2) is 0 Å². The van der Waals surface area contributed by atoms with Crippen LogP contribution >= 0.6 is 0 Å². The van der Waals surface area contributed by atoms with Crippen molar-refractivity contribution < 1.29 is 9.90 Å². The summed E-state index contributed by atoms with van der Waals surface area (Å²) in [6.07, 6.45) is 2.90. The number of aliphatic hydroxyl groups is 1. The zero-order valence-electron chi connectivity index (χ0n) is 18.1. The lowest BCUT2D eigenvalue weighted by atomic mass is 9.64. The van der Waals surface area contributed by atoms with Crippen LogP contribution in [0.5, 0.6) is 0 Å². The Kier molecular flexibility index (Phi) is 5.60. The molecule has 1 N–H and O–H groups in total. The molecule has 0 amide bonds. The maximum absolute atomic E-state index is 14.3. The first-order valence-electron chi connectivity index (χ1n) is 11.1. The summed E-state index contributed by atoms with van der Waals surface area (Å²) in [4.78, 5) is 14.3. The second-order valence-electron chi connectivity index (χ2n) is 8.26. The van der Waals surface area contributed by atoms with E-state index in [2.05, 4.69) is 0 Å². The van der Waals surface area contributed by atoms with E-state index >= 15 is 0 Å². The Hall–Kier alpha value is -4.01. The van der Waals surface area contributed by atoms with Crippen molar-refractivity contribution in [3.05, 3.63) is 156 Å². The summed E-state index contributed by atoms with van der Waals surface area (Å²) >= 11 is 0. The number of carbonyl (C=O) groups is 1. The van der Waals surface area contributed by atoms with Crippen molar-refractivity contribution in [2.45, 2.75) is 11.5 Å². The van der Waals surface area contributed by atoms with Gasteiger partial charge in [0.05, 0.1) is 0 Å². The first-order valence-corrected chi connectivity index (χ1v) is 11.1. The van der Waals surface area contributed by atoms with Gasteiger partial charge >= 0.3 is 0 Å².